The van der Waals surface area contributed by atoms with Crippen molar-refractivity contribution >= 4 is 11.8 Å². The number of rotatable bonds is 9. The van der Waals surface area contributed by atoms with Gasteiger partial charge in [-0.05, 0) is 57.8 Å². The Morgan fingerprint density at radius 1 is 1.17 bits per heavy atom. The first-order valence-corrected chi connectivity index (χ1v) is 9.39. The van der Waals surface area contributed by atoms with Crippen LogP contribution in [0.1, 0.15) is 71.6 Å². The van der Waals surface area contributed by atoms with Crippen LogP contribution in [0.2, 0.25) is 0 Å². The van der Waals surface area contributed by atoms with Crippen molar-refractivity contribution in [3.63, 3.8) is 0 Å². The van der Waals surface area contributed by atoms with Crippen LogP contribution in [0.25, 0.3) is 0 Å². The Balaban J connectivity index is 1.84. The third-order valence-electron chi connectivity index (χ3n) is 4.98. The highest BCUT2D eigenvalue weighted by molar-refractivity contribution is 6.07. The van der Waals surface area contributed by atoms with E-state index in [1.807, 2.05) is 4.90 Å². The number of nitrogens with zero attached hydrogens (tertiary/aromatic N) is 1. The molecule has 0 aromatic heterocycles. The molecule has 0 unspecified atom stereocenters. The monoisotopic (exact) mass is 320 g/mol. The van der Waals surface area contributed by atoms with E-state index in [4.69, 9.17) is 0 Å². The Morgan fingerprint density at radius 2 is 1.87 bits per heavy atom. The fraction of sp³-hybridized carbons (Fsp3) is 0.789. The molecule has 0 saturated heterocycles. The molecular weight excluding hydrogens is 288 g/mol. The van der Waals surface area contributed by atoms with Gasteiger partial charge in [-0.25, -0.2) is 0 Å². The van der Waals surface area contributed by atoms with E-state index >= 15 is 0 Å². The lowest BCUT2D eigenvalue weighted by atomic mass is 9.97. The zero-order chi connectivity index (χ0) is 16.7. The predicted octanol–water partition coefficient (Wildman–Crippen LogP) is 3.42. The summed E-state index contributed by atoms with van der Waals surface area (Å²) in [6.45, 7) is 6.34. The van der Waals surface area contributed by atoms with Gasteiger partial charge < -0.3 is 10.2 Å². The van der Waals surface area contributed by atoms with Crippen molar-refractivity contribution in [3.05, 3.63) is 11.6 Å². The van der Waals surface area contributed by atoms with Crippen molar-refractivity contribution in [2.75, 3.05) is 19.6 Å². The molecule has 0 heterocycles. The van der Waals surface area contributed by atoms with Crippen molar-refractivity contribution in [2.24, 2.45) is 5.41 Å². The van der Waals surface area contributed by atoms with Gasteiger partial charge in [0.25, 0.3) is 0 Å². The minimum absolute atomic E-state index is 0.0453. The van der Waals surface area contributed by atoms with Gasteiger partial charge in [0.2, 0.25) is 11.8 Å². The molecule has 130 valence electrons. The number of carbonyl (C=O) groups excluding carboxylic acids is 2. The summed E-state index contributed by atoms with van der Waals surface area (Å²) in [5.74, 6) is 0.00620. The second-order valence-electron chi connectivity index (χ2n) is 6.99. The molecule has 2 aliphatic rings. The van der Waals surface area contributed by atoms with Crippen LogP contribution >= 0.6 is 0 Å². The van der Waals surface area contributed by atoms with E-state index in [0.717, 1.165) is 32.4 Å². The molecule has 2 aliphatic carbocycles. The first kappa shape index (κ1) is 18.0. The minimum atomic E-state index is -0.745. The molecule has 4 heteroatoms. The van der Waals surface area contributed by atoms with Crippen LogP contribution in [-0.2, 0) is 9.59 Å². The van der Waals surface area contributed by atoms with Crippen molar-refractivity contribution in [1.29, 1.82) is 0 Å². The summed E-state index contributed by atoms with van der Waals surface area (Å²) >= 11 is 0. The van der Waals surface area contributed by atoms with E-state index < -0.39 is 5.41 Å². The van der Waals surface area contributed by atoms with Gasteiger partial charge in [-0.3, -0.25) is 9.59 Å². The van der Waals surface area contributed by atoms with Crippen molar-refractivity contribution in [3.8, 4) is 0 Å². The molecule has 0 aliphatic heterocycles. The normalized spacial score (nSPS) is 19.0. The maximum absolute atomic E-state index is 12.8. The summed E-state index contributed by atoms with van der Waals surface area (Å²) in [5, 5.41) is 3.03. The largest absolute Gasteiger partial charge is 0.355 e. The highest BCUT2D eigenvalue weighted by atomic mass is 16.2. The van der Waals surface area contributed by atoms with Crippen molar-refractivity contribution in [1.82, 2.24) is 10.2 Å². The molecule has 0 aromatic carbocycles. The van der Waals surface area contributed by atoms with E-state index in [-0.39, 0.29) is 11.8 Å². The summed E-state index contributed by atoms with van der Waals surface area (Å²) < 4.78 is 0. The Bertz CT molecular complexity index is 446. The van der Waals surface area contributed by atoms with Crippen LogP contribution in [-0.4, -0.2) is 36.3 Å². The van der Waals surface area contributed by atoms with Crippen molar-refractivity contribution in [2.45, 2.75) is 71.6 Å². The quantitative estimate of drug-likeness (QED) is 0.523. The molecule has 1 saturated carbocycles. The SMILES string of the molecule is CCCN(CCC)C(=O)C1(C(=O)NCCC2=CCCCC2)CC1. The molecule has 0 aromatic rings. The lowest BCUT2D eigenvalue weighted by Crippen LogP contribution is -2.46. The summed E-state index contributed by atoms with van der Waals surface area (Å²) in [6.07, 6.45) is 11.5. The third-order valence-corrected chi connectivity index (χ3v) is 4.98. The number of nitrogens with one attached hydrogen (secondary N) is 1. The highest BCUT2D eigenvalue weighted by Crippen LogP contribution is 2.47. The first-order chi connectivity index (χ1) is 11.1. The summed E-state index contributed by atoms with van der Waals surface area (Å²) in [5.41, 5.74) is 0.719. The van der Waals surface area contributed by atoms with Crippen LogP contribution in [0, 0.1) is 5.41 Å². The van der Waals surface area contributed by atoms with E-state index in [2.05, 4.69) is 25.2 Å². The fourth-order valence-corrected chi connectivity index (χ4v) is 3.46. The Kier molecular flexibility index (Phi) is 6.67. The van der Waals surface area contributed by atoms with Gasteiger partial charge in [-0.2, -0.15) is 0 Å². The lowest BCUT2D eigenvalue weighted by molar-refractivity contribution is -0.144. The average molecular weight is 320 g/mol. The maximum atomic E-state index is 12.8. The molecular formula is C19H32N2O2. The molecule has 0 radical (unpaired) electrons. The molecule has 23 heavy (non-hydrogen) atoms. The minimum Gasteiger partial charge on any atom is -0.355 e. The maximum Gasteiger partial charge on any atom is 0.238 e. The first-order valence-electron chi connectivity index (χ1n) is 9.39. The Hall–Kier alpha value is -1.32. The van der Waals surface area contributed by atoms with Gasteiger partial charge in [0, 0.05) is 19.6 Å². The van der Waals surface area contributed by atoms with Crippen LogP contribution in [0.15, 0.2) is 11.6 Å². The van der Waals surface area contributed by atoms with Gasteiger partial charge in [-0.1, -0.05) is 25.5 Å². The van der Waals surface area contributed by atoms with E-state index in [1.165, 1.54) is 31.3 Å². The zero-order valence-electron chi connectivity index (χ0n) is 14.8. The van der Waals surface area contributed by atoms with Gasteiger partial charge in [-0.15, -0.1) is 0 Å². The Labute approximate surface area is 140 Å². The van der Waals surface area contributed by atoms with Gasteiger partial charge >= 0.3 is 0 Å². The molecule has 0 spiro atoms. The molecule has 0 bridgehead atoms. The summed E-state index contributed by atoms with van der Waals surface area (Å²) in [7, 11) is 0. The lowest BCUT2D eigenvalue weighted by Gasteiger charge is -2.26. The molecule has 1 fully saturated rings. The second kappa shape index (κ2) is 8.51. The highest BCUT2D eigenvalue weighted by Gasteiger charge is 2.57. The number of hydrogen-bond donors (Lipinski definition) is 1. The molecule has 4 nitrogen and oxygen atoms in total. The van der Waals surface area contributed by atoms with Gasteiger partial charge in [0.1, 0.15) is 5.41 Å². The summed E-state index contributed by atoms with van der Waals surface area (Å²) in [4.78, 5) is 27.2. The number of amides is 2. The van der Waals surface area contributed by atoms with Crippen LogP contribution in [0.5, 0.6) is 0 Å². The topological polar surface area (TPSA) is 49.4 Å². The number of allylic oxidation sites excluding steroid dienone is 1. The molecule has 1 N–H and O–H groups in total. The third kappa shape index (κ3) is 4.58. The van der Waals surface area contributed by atoms with E-state index in [0.29, 0.717) is 19.4 Å². The average Bonchev–Trinajstić information content (AvgIpc) is 3.37. The fourth-order valence-electron chi connectivity index (χ4n) is 3.46. The smallest absolute Gasteiger partial charge is 0.238 e. The Morgan fingerprint density at radius 3 is 2.39 bits per heavy atom. The molecule has 2 amide bonds. The zero-order valence-corrected chi connectivity index (χ0v) is 14.8. The standard InChI is InChI=1S/C19H32N2O2/c1-3-14-21(15-4-2)18(23)19(11-12-19)17(22)20-13-10-16-8-6-5-7-9-16/h8H,3-7,9-15H2,1-2H3,(H,20,22). The molecule has 0 atom stereocenters. The van der Waals surface area contributed by atoms with Gasteiger partial charge in [0.05, 0.1) is 0 Å². The van der Waals surface area contributed by atoms with E-state index in [9.17, 15) is 9.59 Å². The van der Waals surface area contributed by atoms with Gasteiger partial charge in [0.15, 0.2) is 0 Å². The van der Waals surface area contributed by atoms with E-state index in [1.54, 1.807) is 0 Å². The predicted molar refractivity (Wildman–Crippen MR) is 93.0 cm³/mol. The van der Waals surface area contributed by atoms with Crippen LogP contribution < -0.4 is 5.32 Å². The van der Waals surface area contributed by atoms with Crippen LogP contribution in [0.3, 0.4) is 0 Å². The molecule has 2 rings (SSSR count). The summed E-state index contributed by atoms with van der Waals surface area (Å²) in [6, 6.07) is 0. The van der Waals surface area contributed by atoms with Crippen molar-refractivity contribution < 1.29 is 9.59 Å². The number of carbonyl (C=O) groups is 2. The second-order valence-corrected chi connectivity index (χ2v) is 6.99. The van der Waals surface area contributed by atoms with Crippen LogP contribution in [0.4, 0.5) is 0 Å². The number of hydrogen-bond acceptors (Lipinski definition) is 2.